The van der Waals surface area contributed by atoms with Crippen molar-refractivity contribution in [3.63, 3.8) is 0 Å². The van der Waals surface area contributed by atoms with E-state index in [1.54, 1.807) is 0 Å². The summed E-state index contributed by atoms with van der Waals surface area (Å²) in [6.07, 6.45) is 4.89. The highest BCUT2D eigenvalue weighted by molar-refractivity contribution is 4.52. The molecule has 0 saturated carbocycles. The van der Waals surface area contributed by atoms with Gasteiger partial charge in [0, 0.05) is 13.2 Å². The van der Waals surface area contributed by atoms with E-state index in [9.17, 15) is 5.11 Å². The standard InChI is InChI=1S/C10H22O2/c1-3-5-8-12-9-7-10(11)6-4-2/h10-11H,3-9H2,1-2H3. The molecule has 74 valence electrons. The molecular weight excluding hydrogens is 152 g/mol. The summed E-state index contributed by atoms with van der Waals surface area (Å²) in [6, 6.07) is 0. The van der Waals surface area contributed by atoms with Gasteiger partial charge >= 0.3 is 0 Å². The molecule has 0 bridgehead atoms. The highest BCUT2D eigenvalue weighted by Gasteiger charge is 2.01. The summed E-state index contributed by atoms with van der Waals surface area (Å²) in [5, 5.41) is 9.33. The Kier molecular flexibility index (Phi) is 8.95. The lowest BCUT2D eigenvalue weighted by atomic mass is 10.1. The zero-order chi connectivity index (χ0) is 9.23. The van der Waals surface area contributed by atoms with Crippen LogP contribution in [-0.2, 0) is 4.74 Å². The Morgan fingerprint density at radius 3 is 2.42 bits per heavy atom. The van der Waals surface area contributed by atoms with Crippen molar-refractivity contribution in [3.05, 3.63) is 0 Å². The minimum absolute atomic E-state index is 0.156. The fourth-order valence-electron chi connectivity index (χ4n) is 1.05. The molecule has 1 atom stereocenters. The smallest absolute Gasteiger partial charge is 0.0562 e. The third-order valence-electron chi connectivity index (χ3n) is 1.86. The molecular formula is C10H22O2. The lowest BCUT2D eigenvalue weighted by Crippen LogP contribution is -2.10. The quantitative estimate of drug-likeness (QED) is 0.572. The molecule has 2 heteroatoms. The first-order chi connectivity index (χ1) is 5.81. The largest absolute Gasteiger partial charge is 0.393 e. The van der Waals surface area contributed by atoms with Gasteiger partial charge in [-0.1, -0.05) is 26.7 Å². The van der Waals surface area contributed by atoms with Crippen LogP contribution >= 0.6 is 0 Å². The van der Waals surface area contributed by atoms with Crippen LogP contribution in [0.2, 0.25) is 0 Å². The summed E-state index contributed by atoms with van der Waals surface area (Å²) in [5.74, 6) is 0. The van der Waals surface area contributed by atoms with E-state index in [0.717, 1.165) is 32.3 Å². The van der Waals surface area contributed by atoms with Gasteiger partial charge in [-0.15, -0.1) is 0 Å². The van der Waals surface area contributed by atoms with E-state index in [4.69, 9.17) is 4.74 Å². The molecule has 0 aliphatic carbocycles. The second-order valence-electron chi connectivity index (χ2n) is 3.20. The van der Waals surface area contributed by atoms with Crippen LogP contribution in [0.5, 0.6) is 0 Å². The summed E-state index contributed by atoms with van der Waals surface area (Å²) in [7, 11) is 0. The van der Waals surface area contributed by atoms with Gasteiger partial charge in [0.05, 0.1) is 6.10 Å². The Labute approximate surface area is 75.9 Å². The van der Waals surface area contributed by atoms with Crippen molar-refractivity contribution >= 4 is 0 Å². The summed E-state index contributed by atoms with van der Waals surface area (Å²) >= 11 is 0. The second-order valence-corrected chi connectivity index (χ2v) is 3.20. The predicted molar refractivity (Wildman–Crippen MR) is 51.3 cm³/mol. The van der Waals surface area contributed by atoms with Gasteiger partial charge in [-0.3, -0.25) is 0 Å². The van der Waals surface area contributed by atoms with Gasteiger partial charge in [-0.25, -0.2) is 0 Å². The molecule has 0 aromatic carbocycles. The van der Waals surface area contributed by atoms with Crippen LogP contribution in [0.3, 0.4) is 0 Å². The number of ether oxygens (including phenoxy) is 1. The number of rotatable bonds is 8. The molecule has 0 spiro atoms. The average Bonchev–Trinajstić information content (AvgIpc) is 2.05. The van der Waals surface area contributed by atoms with E-state index >= 15 is 0 Å². The minimum Gasteiger partial charge on any atom is -0.393 e. The second kappa shape index (κ2) is 9.01. The molecule has 12 heavy (non-hydrogen) atoms. The molecule has 0 aromatic rings. The first-order valence-electron chi connectivity index (χ1n) is 5.07. The fourth-order valence-corrected chi connectivity index (χ4v) is 1.05. The Bertz CT molecular complexity index is 83.9. The van der Waals surface area contributed by atoms with Crippen LogP contribution in [0.1, 0.15) is 46.0 Å². The first kappa shape index (κ1) is 11.9. The van der Waals surface area contributed by atoms with Crippen LogP contribution in [0.4, 0.5) is 0 Å². The zero-order valence-electron chi connectivity index (χ0n) is 8.38. The first-order valence-corrected chi connectivity index (χ1v) is 5.07. The van der Waals surface area contributed by atoms with Crippen molar-refractivity contribution in [2.75, 3.05) is 13.2 Å². The van der Waals surface area contributed by atoms with Gasteiger partial charge in [0.15, 0.2) is 0 Å². The summed E-state index contributed by atoms with van der Waals surface area (Å²) in [6.45, 7) is 5.78. The van der Waals surface area contributed by atoms with Crippen LogP contribution in [-0.4, -0.2) is 24.4 Å². The number of hydrogen-bond acceptors (Lipinski definition) is 2. The molecule has 0 saturated heterocycles. The SMILES string of the molecule is CCCCOCCC(O)CCC. The summed E-state index contributed by atoms with van der Waals surface area (Å²) in [4.78, 5) is 0. The van der Waals surface area contributed by atoms with E-state index in [-0.39, 0.29) is 6.10 Å². The molecule has 0 rings (SSSR count). The molecule has 2 nitrogen and oxygen atoms in total. The van der Waals surface area contributed by atoms with Crippen LogP contribution in [0.25, 0.3) is 0 Å². The molecule has 0 aromatic heterocycles. The Morgan fingerprint density at radius 2 is 1.83 bits per heavy atom. The number of aliphatic hydroxyl groups excluding tert-OH is 1. The van der Waals surface area contributed by atoms with E-state index in [1.165, 1.54) is 6.42 Å². The van der Waals surface area contributed by atoms with Gasteiger partial charge in [0.25, 0.3) is 0 Å². The van der Waals surface area contributed by atoms with Crippen molar-refractivity contribution in [1.82, 2.24) is 0 Å². The van der Waals surface area contributed by atoms with Crippen molar-refractivity contribution < 1.29 is 9.84 Å². The Balaban J connectivity index is 2.97. The molecule has 0 radical (unpaired) electrons. The lowest BCUT2D eigenvalue weighted by molar-refractivity contribution is 0.0765. The molecule has 0 fully saturated rings. The van der Waals surface area contributed by atoms with Crippen LogP contribution < -0.4 is 0 Å². The molecule has 0 aliphatic rings. The maximum absolute atomic E-state index is 9.33. The monoisotopic (exact) mass is 174 g/mol. The third-order valence-corrected chi connectivity index (χ3v) is 1.86. The van der Waals surface area contributed by atoms with Crippen LogP contribution in [0, 0.1) is 0 Å². The number of hydrogen-bond donors (Lipinski definition) is 1. The highest BCUT2D eigenvalue weighted by Crippen LogP contribution is 2.01. The van der Waals surface area contributed by atoms with Gasteiger partial charge in [-0.05, 0) is 19.3 Å². The van der Waals surface area contributed by atoms with Crippen molar-refractivity contribution in [2.45, 2.75) is 52.1 Å². The van der Waals surface area contributed by atoms with Gasteiger partial charge < -0.3 is 9.84 Å². The number of aliphatic hydroxyl groups is 1. The highest BCUT2D eigenvalue weighted by atomic mass is 16.5. The lowest BCUT2D eigenvalue weighted by Gasteiger charge is -2.08. The van der Waals surface area contributed by atoms with Crippen molar-refractivity contribution in [3.8, 4) is 0 Å². The molecule has 1 N–H and O–H groups in total. The van der Waals surface area contributed by atoms with Gasteiger partial charge in [0.1, 0.15) is 0 Å². The maximum Gasteiger partial charge on any atom is 0.0562 e. The fraction of sp³-hybridized carbons (Fsp3) is 1.00. The third kappa shape index (κ3) is 8.02. The molecule has 1 unspecified atom stereocenters. The van der Waals surface area contributed by atoms with E-state index < -0.39 is 0 Å². The average molecular weight is 174 g/mol. The van der Waals surface area contributed by atoms with Crippen LogP contribution in [0.15, 0.2) is 0 Å². The van der Waals surface area contributed by atoms with Gasteiger partial charge in [0.2, 0.25) is 0 Å². The Hall–Kier alpha value is -0.0800. The maximum atomic E-state index is 9.33. The van der Waals surface area contributed by atoms with Gasteiger partial charge in [-0.2, -0.15) is 0 Å². The topological polar surface area (TPSA) is 29.5 Å². The van der Waals surface area contributed by atoms with Crippen molar-refractivity contribution in [2.24, 2.45) is 0 Å². The summed E-state index contributed by atoms with van der Waals surface area (Å²) < 4.78 is 5.33. The molecule has 0 amide bonds. The minimum atomic E-state index is -0.156. The van der Waals surface area contributed by atoms with Crippen molar-refractivity contribution in [1.29, 1.82) is 0 Å². The zero-order valence-corrected chi connectivity index (χ0v) is 8.38. The predicted octanol–water partition coefficient (Wildman–Crippen LogP) is 2.35. The molecule has 0 heterocycles. The Morgan fingerprint density at radius 1 is 1.08 bits per heavy atom. The van der Waals surface area contributed by atoms with E-state index in [1.807, 2.05) is 0 Å². The normalized spacial score (nSPS) is 13.2. The van der Waals surface area contributed by atoms with E-state index in [2.05, 4.69) is 13.8 Å². The summed E-state index contributed by atoms with van der Waals surface area (Å²) in [5.41, 5.74) is 0. The molecule has 0 aliphatic heterocycles. The number of unbranched alkanes of at least 4 members (excludes halogenated alkanes) is 1. The van der Waals surface area contributed by atoms with E-state index in [0.29, 0.717) is 6.61 Å².